The molecule has 0 unspecified atom stereocenters. The molecule has 308 valence electrons. The van der Waals surface area contributed by atoms with Crippen molar-refractivity contribution in [3.05, 3.63) is 242 Å². The van der Waals surface area contributed by atoms with Crippen LogP contribution in [0, 0.1) is 11.3 Å². The lowest BCUT2D eigenvalue weighted by Crippen LogP contribution is -1.96. The summed E-state index contributed by atoms with van der Waals surface area (Å²) in [4.78, 5) is 20.2. The third kappa shape index (κ3) is 8.15. The largest absolute Gasteiger partial charge is 0.228 e. The van der Waals surface area contributed by atoms with E-state index in [0.29, 0.717) is 17.2 Å². The molecule has 9 aromatic carbocycles. The quantitative estimate of drug-likeness (QED) is 0.145. The number of nitriles is 1. The van der Waals surface area contributed by atoms with E-state index in [2.05, 4.69) is 146 Å². The number of hydrogen-bond donors (Lipinski definition) is 0. The summed E-state index contributed by atoms with van der Waals surface area (Å²) in [6.45, 7) is 0. The fraction of sp³-hybridized carbons (Fsp3) is 0. The van der Waals surface area contributed by atoms with Crippen molar-refractivity contribution in [2.24, 2.45) is 0 Å². The standard InChI is InChI=1S/C61H39N5/c62-40-41-21-23-43(24-22-41)54-36-52-34-33-51(42-25-29-49(30-26-42)60-63-56(45-13-5-1-6-14-45)38-57(64-60)46-15-7-2-8-16-46)35-53(52)37-55(54)44-27-31-50(32-28-44)61-65-58(47-17-9-3-10-18-47)39-59(66-61)48-19-11-4-12-20-48/h1-39H. The van der Waals surface area contributed by atoms with Crippen molar-refractivity contribution in [1.82, 2.24) is 19.9 Å². The zero-order chi connectivity index (χ0) is 44.2. The van der Waals surface area contributed by atoms with Crippen molar-refractivity contribution in [1.29, 1.82) is 5.26 Å². The van der Waals surface area contributed by atoms with E-state index < -0.39 is 0 Å². The summed E-state index contributed by atoms with van der Waals surface area (Å²) in [5, 5.41) is 11.8. The Morgan fingerprint density at radius 3 is 0.985 bits per heavy atom. The van der Waals surface area contributed by atoms with Crippen LogP contribution in [0.15, 0.2) is 237 Å². The van der Waals surface area contributed by atoms with Gasteiger partial charge in [-0.15, -0.1) is 0 Å². The predicted octanol–water partition coefficient (Wildman–Crippen LogP) is 15.3. The zero-order valence-corrected chi connectivity index (χ0v) is 35.8. The number of rotatable bonds is 9. The monoisotopic (exact) mass is 841 g/mol. The average Bonchev–Trinajstić information content (AvgIpc) is 3.41. The molecule has 0 aliphatic heterocycles. The van der Waals surface area contributed by atoms with Gasteiger partial charge in [0.1, 0.15) is 0 Å². The van der Waals surface area contributed by atoms with Crippen molar-refractivity contribution >= 4 is 10.8 Å². The van der Waals surface area contributed by atoms with Crippen LogP contribution in [-0.4, -0.2) is 19.9 Å². The fourth-order valence-corrected chi connectivity index (χ4v) is 8.47. The molecule has 0 saturated carbocycles. The number of fused-ring (bicyclic) bond motifs is 1. The van der Waals surface area contributed by atoms with E-state index in [1.165, 1.54) is 0 Å². The van der Waals surface area contributed by atoms with Gasteiger partial charge in [-0.25, -0.2) is 19.9 Å². The first-order chi connectivity index (χ1) is 32.6. The first-order valence-electron chi connectivity index (χ1n) is 21.9. The van der Waals surface area contributed by atoms with Crippen LogP contribution >= 0.6 is 0 Å². The third-order valence-electron chi connectivity index (χ3n) is 12.0. The second-order valence-corrected chi connectivity index (χ2v) is 16.2. The minimum absolute atomic E-state index is 0.626. The second-order valence-electron chi connectivity index (χ2n) is 16.2. The van der Waals surface area contributed by atoms with Gasteiger partial charge in [0.05, 0.1) is 34.4 Å². The maximum Gasteiger partial charge on any atom is 0.160 e. The molecule has 11 rings (SSSR count). The van der Waals surface area contributed by atoms with Gasteiger partial charge in [0, 0.05) is 33.4 Å². The molecule has 2 heterocycles. The molecule has 0 spiro atoms. The number of aromatic nitrogens is 4. The van der Waals surface area contributed by atoms with Crippen LogP contribution in [0.3, 0.4) is 0 Å². The lowest BCUT2D eigenvalue weighted by Gasteiger charge is -2.15. The summed E-state index contributed by atoms with van der Waals surface area (Å²) in [7, 11) is 0. The Morgan fingerprint density at radius 2 is 0.591 bits per heavy atom. The van der Waals surface area contributed by atoms with E-state index in [9.17, 15) is 5.26 Å². The average molecular weight is 842 g/mol. The highest BCUT2D eigenvalue weighted by Crippen LogP contribution is 2.39. The first-order valence-corrected chi connectivity index (χ1v) is 21.9. The summed E-state index contributed by atoms with van der Waals surface area (Å²) in [6.07, 6.45) is 0. The van der Waals surface area contributed by atoms with Crippen LogP contribution in [0.5, 0.6) is 0 Å². The molecular formula is C61H39N5. The minimum atomic E-state index is 0.626. The molecule has 0 aliphatic rings. The Hall–Kier alpha value is -9.11. The highest BCUT2D eigenvalue weighted by molar-refractivity contribution is 5.98. The lowest BCUT2D eigenvalue weighted by atomic mass is 9.89. The number of nitrogens with zero attached hydrogens (tertiary/aromatic N) is 5. The molecule has 0 saturated heterocycles. The second kappa shape index (κ2) is 17.6. The van der Waals surface area contributed by atoms with Crippen LogP contribution in [0.4, 0.5) is 0 Å². The predicted molar refractivity (Wildman–Crippen MR) is 269 cm³/mol. The fourth-order valence-electron chi connectivity index (χ4n) is 8.47. The number of benzene rings is 9. The van der Waals surface area contributed by atoms with Crippen molar-refractivity contribution < 1.29 is 0 Å². The van der Waals surface area contributed by atoms with E-state index in [1.807, 2.05) is 97.1 Å². The molecule has 11 aromatic rings. The topological polar surface area (TPSA) is 75.3 Å². The highest BCUT2D eigenvalue weighted by atomic mass is 14.9. The van der Waals surface area contributed by atoms with Gasteiger partial charge in [-0.1, -0.05) is 194 Å². The van der Waals surface area contributed by atoms with E-state index in [-0.39, 0.29) is 0 Å². The SMILES string of the molecule is N#Cc1ccc(-c2cc3ccc(-c4ccc(-c5nc(-c6ccccc6)cc(-c6ccccc6)n5)cc4)cc3cc2-c2ccc(-c3nc(-c4ccccc4)cc(-c4ccccc4)n3)cc2)cc1. The molecule has 2 aromatic heterocycles. The molecule has 0 N–H and O–H groups in total. The maximum atomic E-state index is 9.59. The van der Waals surface area contributed by atoms with Crippen molar-refractivity contribution in [3.8, 4) is 107 Å². The normalized spacial score (nSPS) is 11.0. The molecule has 0 amide bonds. The van der Waals surface area contributed by atoms with E-state index >= 15 is 0 Å². The Morgan fingerprint density at radius 1 is 0.258 bits per heavy atom. The molecule has 0 bridgehead atoms. The van der Waals surface area contributed by atoms with Gasteiger partial charge in [-0.3, -0.25) is 0 Å². The van der Waals surface area contributed by atoms with Gasteiger partial charge >= 0.3 is 0 Å². The molecule has 0 radical (unpaired) electrons. The summed E-state index contributed by atoms with van der Waals surface area (Å²) in [5.74, 6) is 1.34. The Bertz CT molecular complexity index is 3420. The summed E-state index contributed by atoms with van der Waals surface area (Å²) >= 11 is 0. The van der Waals surface area contributed by atoms with E-state index in [0.717, 1.165) is 100 Å². The smallest absolute Gasteiger partial charge is 0.160 e. The minimum Gasteiger partial charge on any atom is -0.228 e. The van der Waals surface area contributed by atoms with Crippen molar-refractivity contribution in [2.45, 2.75) is 0 Å². The molecule has 66 heavy (non-hydrogen) atoms. The summed E-state index contributed by atoms with van der Waals surface area (Å²) < 4.78 is 0. The van der Waals surface area contributed by atoms with Crippen LogP contribution in [0.25, 0.3) is 112 Å². The molecule has 5 nitrogen and oxygen atoms in total. The molecule has 0 aliphatic carbocycles. The van der Waals surface area contributed by atoms with Gasteiger partial charge in [0.15, 0.2) is 11.6 Å². The van der Waals surface area contributed by atoms with Crippen LogP contribution in [0.2, 0.25) is 0 Å². The molecule has 5 heteroatoms. The summed E-state index contributed by atoms with van der Waals surface area (Å²) in [6, 6.07) is 83.5. The van der Waals surface area contributed by atoms with Gasteiger partial charge in [0.2, 0.25) is 0 Å². The summed E-state index contributed by atoms with van der Waals surface area (Å²) in [5.41, 5.74) is 16.6. The van der Waals surface area contributed by atoms with Gasteiger partial charge < -0.3 is 0 Å². The van der Waals surface area contributed by atoms with Crippen molar-refractivity contribution in [3.63, 3.8) is 0 Å². The van der Waals surface area contributed by atoms with Crippen LogP contribution in [-0.2, 0) is 0 Å². The Balaban J connectivity index is 0.965. The van der Waals surface area contributed by atoms with E-state index in [4.69, 9.17) is 19.9 Å². The zero-order valence-electron chi connectivity index (χ0n) is 35.8. The number of hydrogen-bond acceptors (Lipinski definition) is 5. The lowest BCUT2D eigenvalue weighted by molar-refractivity contribution is 1.18. The molecular weight excluding hydrogens is 803 g/mol. The highest BCUT2D eigenvalue weighted by Gasteiger charge is 2.16. The Kier molecular flexibility index (Phi) is 10.6. The van der Waals surface area contributed by atoms with E-state index in [1.54, 1.807) is 0 Å². The molecule has 0 fully saturated rings. The first kappa shape index (κ1) is 39.7. The third-order valence-corrected chi connectivity index (χ3v) is 12.0. The van der Waals surface area contributed by atoms with Crippen LogP contribution < -0.4 is 0 Å². The van der Waals surface area contributed by atoms with Crippen LogP contribution in [0.1, 0.15) is 5.56 Å². The van der Waals surface area contributed by atoms with Gasteiger partial charge in [0.25, 0.3) is 0 Å². The maximum absolute atomic E-state index is 9.59. The van der Waals surface area contributed by atoms with Gasteiger partial charge in [-0.05, 0) is 86.6 Å². The van der Waals surface area contributed by atoms with Crippen molar-refractivity contribution in [2.75, 3.05) is 0 Å². The van der Waals surface area contributed by atoms with Gasteiger partial charge in [-0.2, -0.15) is 5.26 Å². The Labute approximate surface area is 383 Å². The molecule has 0 atom stereocenters.